The van der Waals surface area contributed by atoms with Gasteiger partial charge in [0.25, 0.3) is 0 Å². The second-order valence-electron chi connectivity index (χ2n) is 4.52. The number of para-hydroxylation sites is 1. The number of rotatable bonds is 5. The summed E-state index contributed by atoms with van der Waals surface area (Å²) in [5.41, 5.74) is -0.484. The Morgan fingerprint density at radius 3 is 2.78 bits per heavy atom. The minimum atomic E-state index is -1.09. The van der Waals surface area contributed by atoms with Crippen LogP contribution in [0.3, 0.4) is 0 Å². The lowest BCUT2D eigenvalue weighted by Gasteiger charge is -2.16. The summed E-state index contributed by atoms with van der Waals surface area (Å²) in [7, 11) is 0. The maximum Gasteiger partial charge on any atom is 0.339 e. The molecule has 18 heavy (non-hydrogen) atoms. The number of ether oxygens (including phenoxy) is 1. The first-order chi connectivity index (χ1) is 8.37. The predicted molar refractivity (Wildman–Crippen MR) is 67.9 cm³/mol. The quantitative estimate of drug-likeness (QED) is 0.888. The maximum absolute atomic E-state index is 11.0. The highest BCUT2D eigenvalue weighted by Crippen LogP contribution is 2.29. The number of benzene rings is 1. The molecule has 0 radical (unpaired) electrons. The van der Waals surface area contributed by atoms with Crippen LogP contribution >= 0.6 is 11.6 Å². The second kappa shape index (κ2) is 5.74. The molecule has 1 rings (SSSR count). The van der Waals surface area contributed by atoms with E-state index in [0.717, 1.165) is 0 Å². The molecule has 0 aliphatic rings. The van der Waals surface area contributed by atoms with Gasteiger partial charge in [-0.1, -0.05) is 17.7 Å². The number of carbonyl (C=O) groups is 1. The van der Waals surface area contributed by atoms with Gasteiger partial charge in [0.1, 0.15) is 5.56 Å². The molecule has 0 bridgehead atoms. The fourth-order valence-electron chi connectivity index (χ4n) is 1.29. The van der Waals surface area contributed by atoms with Crippen molar-refractivity contribution < 1.29 is 14.6 Å². The Kier molecular flexibility index (Phi) is 4.57. The van der Waals surface area contributed by atoms with Crippen molar-refractivity contribution in [1.82, 2.24) is 0 Å². The van der Waals surface area contributed by atoms with Gasteiger partial charge < -0.3 is 9.84 Å². The number of carboxylic acids is 1. The van der Waals surface area contributed by atoms with Crippen molar-refractivity contribution in [2.75, 3.05) is 6.61 Å². The molecule has 4 nitrogen and oxygen atoms in total. The molecule has 1 aromatic carbocycles. The van der Waals surface area contributed by atoms with Gasteiger partial charge in [-0.3, -0.25) is 0 Å². The zero-order valence-corrected chi connectivity index (χ0v) is 11.0. The van der Waals surface area contributed by atoms with Gasteiger partial charge in [-0.25, -0.2) is 4.79 Å². The maximum atomic E-state index is 11.0. The topological polar surface area (TPSA) is 70.3 Å². The first-order valence-corrected chi connectivity index (χ1v) is 5.81. The Hall–Kier alpha value is -1.73. The molecule has 0 unspecified atom stereocenters. The third-order valence-electron chi connectivity index (χ3n) is 2.47. The standard InChI is InChI=1S/C13H14ClNO3/c1-13(2,8-15)6-7-18-11-9(12(16)17)4-3-5-10(11)14/h3-5H,6-7H2,1-2H3,(H,16,17). The minimum absolute atomic E-state index is 0.0252. The highest BCUT2D eigenvalue weighted by atomic mass is 35.5. The van der Waals surface area contributed by atoms with Gasteiger partial charge in [0.05, 0.1) is 23.1 Å². The highest BCUT2D eigenvalue weighted by molar-refractivity contribution is 6.32. The van der Waals surface area contributed by atoms with Crippen LogP contribution in [0, 0.1) is 16.7 Å². The van der Waals surface area contributed by atoms with Gasteiger partial charge in [-0.2, -0.15) is 5.26 Å². The molecule has 0 spiro atoms. The van der Waals surface area contributed by atoms with Gasteiger partial charge >= 0.3 is 5.97 Å². The summed E-state index contributed by atoms with van der Waals surface area (Å²) < 4.78 is 5.40. The molecule has 1 N–H and O–H groups in total. The van der Waals surface area contributed by atoms with E-state index in [9.17, 15) is 4.79 Å². The van der Waals surface area contributed by atoms with Crippen LogP contribution in [0.4, 0.5) is 0 Å². The van der Waals surface area contributed by atoms with Gasteiger partial charge in [0, 0.05) is 0 Å². The van der Waals surface area contributed by atoms with E-state index in [-0.39, 0.29) is 22.9 Å². The summed E-state index contributed by atoms with van der Waals surface area (Å²) in [5, 5.41) is 18.1. The first-order valence-electron chi connectivity index (χ1n) is 5.43. The molecule has 0 saturated carbocycles. The number of nitriles is 1. The molecule has 0 aliphatic heterocycles. The molecular formula is C13H14ClNO3. The van der Waals surface area contributed by atoms with E-state index in [1.807, 2.05) is 0 Å². The largest absolute Gasteiger partial charge is 0.491 e. The third kappa shape index (κ3) is 3.64. The van der Waals surface area contributed by atoms with Gasteiger partial charge in [0.15, 0.2) is 5.75 Å². The number of carboxylic acid groups (broad SMARTS) is 1. The number of aromatic carboxylic acids is 1. The van der Waals surface area contributed by atoms with Gasteiger partial charge in [-0.15, -0.1) is 0 Å². The fourth-order valence-corrected chi connectivity index (χ4v) is 1.52. The number of nitrogens with zero attached hydrogens (tertiary/aromatic N) is 1. The summed E-state index contributed by atoms with van der Waals surface area (Å²) in [6, 6.07) is 6.70. The van der Waals surface area contributed by atoms with Crippen LogP contribution in [-0.4, -0.2) is 17.7 Å². The molecule has 0 atom stereocenters. The lowest BCUT2D eigenvalue weighted by atomic mass is 9.92. The molecule has 0 heterocycles. The van der Waals surface area contributed by atoms with Crippen LogP contribution in [0.5, 0.6) is 5.75 Å². The summed E-state index contributed by atoms with van der Waals surface area (Å²) in [5.74, 6) is -0.938. The fraction of sp³-hybridized carbons (Fsp3) is 0.385. The van der Waals surface area contributed by atoms with Crippen LogP contribution < -0.4 is 4.74 Å². The smallest absolute Gasteiger partial charge is 0.339 e. The summed E-state index contributed by atoms with van der Waals surface area (Å²) in [6.07, 6.45) is 0.494. The Morgan fingerprint density at radius 1 is 1.56 bits per heavy atom. The van der Waals surface area contributed by atoms with Gasteiger partial charge in [-0.05, 0) is 32.4 Å². The van der Waals surface area contributed by atoms with Crippen molar-refractivity contribution in [3.8, 4) is 11.8 Å². The zero-order chi connectivity index (χ0) is 13.8. The number of hydrogen-bond acceptors (Lipinski definition) is 3. The number of halogens is 1. The summed E-state index contributed by atoms with van der Waals surface area (Å²) >= 11 is 5.90. The first kappa shape index (κ1) is 14.3. The summed E-state index contributed by atoms with van der Waals surface area (Å²) in [4.78, 5) is 11.0. The Morgan fingerprint density at radius 2 is 2.22 bits per heavy atom. The van der Waals surface area contributed by atoms with Gasteiger partial charge in [0.2, 0.25) is 0 Å². The molecule has 96 valence electrons. The Labute approximate surface area is 111 Å². The Balaban J connectivity index is 2.80. The molecule has 1 aromatic rings. The van der Waals surface area contributed by atoms with Crippen LogP contribution in [0.15, 0.2) is 18.2 Å². The van der Waals surface area contributed by atoms with E-state index in [1.165, 1.54) is 6.07 Å². The van der Waals surface area contributed by atoms with Crippen LogP contribution in [0.1, 0.15) is 30.6 Å². The van der Waals surface area contributed by atoms with E-state index in [0.29, 0.717) is 6.42 Å². The van der Waals surface area contributed by atoms with Crippen molar-refractivity contribution in [3.05, 3.63) is 28.8 Å². The molecule has 0 saturated heterocycles. The Bertz CT molecular complexity index is 491. The van der Waals surface area contributed by atoms with E-state index in [2.05, 4.69) is 6.07 Å². The molecular weight excluding hydrogens is 254 g/mol. The van der Waals surface area contributed by atoms with Crippen molar-refractivity contribution in [2.45, 2.75) is 20.3 Å². The molecule has 0 aromatic heterocycles. The van der Waals surface area contributed by atoms with Crippen molar-refractivity contribution in [1.29, 1.82) is 5.26 Å². The molecule has 0 fully saturated rings. The monoisotopic (exact) mass is 267 g/mol. The highest BCUT2D eigenvalue weighted by Gasteiger charge is 2.19. The van der Waals surface area contributed by atoms with Crippen LogP contribution in [0.2, 0.25) is 5.02 Å². The normalized spacial score (nSPS) is 10.8. The third-order valence-corrected chi connectivity index (χ3v) is 2.77. The van der Waals surface area contributed by atoms with E-state index >= 15 is 0 Å². The zero-order valence-electron chi connectivity index (χ0n) is 10.2. The van der Waals surface area contributed by atoms with E-state index in [4.69, 9.17) is 26.7 Å². The van der Waals surface area contributed by atoms with E-state index in [1.54, 1.807) is 26.0 Å². The molecule has 0 amide bonds. The average Bonchev–Trinajstić information content (AvgIpc) is 2.30. The van der Waals surface area contributed by atoms with Crippen LogP contribution in [0.25, 0.3) is 0 Å². The van der Waals surface area contributed by atoms with E-state index < -0.39 is 11.4 Å². The van der Waals surface area contributed by atoms with Crippen molar-refractivity contribution in [2.24, 2.45) is 5.41 Å². The minimum Gasteiger partial charge on any atom is -0.491 e. The van der Waals surface area contributed by atoms with Crippen LogP contribution in [-0.2, 0) is 0 Å². The molecule has 0 aliphatic carbocycles. The predicted octanol–water partition coefficient (Wildman–Crippen LogP) is 3.36. The lowest BCUT2D eigenvalue weighted by molar-refractivity contribution is 0.0692. The SMILES string of the molecule is CC(C)(C#N)CCOc1c(Cl)cccc1C(=O)O. The van der Waals surface area contributed by atoms with Crippen molar-refractivity contribution in [3.63, 3.8) is 0 Å². The molecule has 5 heteroatoms. The van der Waals surface area contributed by atoms with Crippen molar-refractivity contribution >= 4 is 17.6 Å². The summed E-state index contributed by atoms with van der Waals surface area (Å²) in [6.45, 7) is 3.83. The number of hydrogen-bond donors (Lipinski definition) is 1. The average molecular weight is 268 g/mol. The second-order valence-corrected chi connectivity index (χ2v) is 4.92. The lowest BCUT2D eigenvalue weighted by Crippen LogP contribution is -2.14.